The van der Waals surface area contributed by atoms with E-state index in [4.69, 9.17) is 0 Å². The normalized spacial score (nSPS) is 19.2. The summed E-state index contributed by atoms with van der Waals surface area (Å²) in [7, 11) is 0. The van der Waals surface area contributed by atoms with Crippen LogP contribution in [0.3, 0.4) is 0 Å². The van der Waals surface area contributed by atoms with Crippen LogP contribution in [-0.4, -0.2) is 91.5 Å². The lowest BCUT2D eigenvalue weighted by atomic mass is 9.92. The second-order valence-electron chi connectivity index (χ2n) is 10.7. The molecule has 0 radical (unpaired) electrons. The fraction of sp³-hybridized carbons (Fsp3) is 0.355. The zero-order chi connectivity index (χ0) is 30.4. The summed E-state index contributed by atoms with van der Waals surface area (Å²) in [6.07, 6.45) is 9.25. The third-order valence-electron chi connectivity index (χ3n) is 7.65. The first-order valence-electron chi connectivity index (χ1n) is 14.2. The number of thioether (sulfide) groups is 1. The van der Waals surface area contributed by atoms with Gasteiger partial charge in [-0.2, -0.15) is 5.10 Å². The number of hydrogen-bond acceptors (Lipinski definition) is 8. The number of β-amino-alcohol motifs (C(OH)–C–C–N with tert-alkyl or cyclic N) is 1. The molecule has 1 atom stereocenters. The zero-order valence-corrected chi connectivity index (χ0v) is 24.7. The van der Waals surface area contributed by atoms with E-state index in [2.05, 4.69) is 21.9 Å². The first-order chi connectivity index (χ1) is 20.7. The molecular weight excluding hydrogens is 574 g/mol. The topological polar surface area (TPSA) is 94.8 Å². The number of carbonyl (C=O) groups is 2. The van der Waals surface area contributed by atoms with Crippen LogP contribution in [0, 0.1) is 11.6 Å². The second kappa shape index (κ2) is 13.7. The third kappa shape index (κ3) is 7.63. The highest BCUT2D eigenvalue weighted by Gasteiger charge is 2.37. The lowest BCUT2D eigenvalue weighted by Gasteiger charge is -2.39. The first kappa shape index (κ1) is 30.7. The van der Waals surface area contributed by atoms with E-state index in [-0.39, 0.29) is 36.3 Å². The van der Waals surface area contributed by atoms with Gasteiger partial charge in [-0.1, -0.05) is 49.4 Å². The van der Waals surface area contributed by atoms with Gasteiger partial charge in [0.1, 0.15) is 29.9 Å². The quantitative estimate of drug-likeness (QED) is 0.259. The Bertz CT molecular complexity index is 1490. The number of halogens is 2. The predicted octanol–water partition coefficient (Wildman–Crippen LogP) is 3.92. The van der Waals surface area contributed by atoms with E-state index >= 15 is 0 Å². The van der Waals surface area contributed by atoms with Crippen LogP contribution in [0.15, 0.2) is 72.2 Å². The van der Waals surface area contributed by atoms with Gasteiger partial charge < -0.3 is 5.11 Å². The number of benzene rings is 2. The molecule has 2 saturated heterocycles. The molecule has 2 fully saturated rings. The van der Waals surface area contributed by atoms with Crippen LogP contribution in [0.5, 0.6) is 0 Å². The van der Waals surface area contributed by atoms with Crippen molar-refractivity contribution in [1.82, 2.24) is 29.5 Å². The second-order valence-corrected chi connectivity index (χ2v) is 11.7. The number of piperazine rings is 1. The minimum atomic E-state index is -1.65. The van der Waals surface area contributed by atoms with E-state index in [9.17, 15) is 23.5 Å². The first-order valence-corrected chi connectivity index (χ1v) is 15.0. The van der Waals surface area contributed by atoms with Crippen LogP contribution in [-0.2, 0) is 23.4 Å². The van der Waals surface area contributed by atoms with E-state index in [1.54, 1.807) is 6.08 Å². The highest BCUT2D eigenvalue weighted by molar-refractivity contribution is 8.18. The number of aryl methyl sites for hydroxylation is 1. The number of aliphatic hydroxyl groups is 1. The summed E-state index contributed by atoms with van der Waals surface area (Å²) < 4.78 is 29.7. The fourth-order valence-corrected chi connectivity index (χ4v) is 6.08. The highest BCUT2D eigenvalue weighted by atomic mass is 32.2. The van der Waals surface area contributed by atoms with Gasteiger partial charge in [-0.25, -0.2) is 18.4 Å². The van der Waals surface area contributed by atoms with Gasteiger partial charge in [-0.3, -0.25) is 24.3 Å². The molecule has 2 aliphatic rings. The van der Waals surface area contributed by atoms with E-state index < -0.39 is 17.2 Å². The predicted molar refractivity (Wildman–Crippen MR) is 161 cm³/mol. The highest BCUT2D eigenvalue weighted by Crippen LogP contribution is 2.32. The standard InChI is InChI=1S/C31H34F2N6O3S/c1-2-23-5-7-24(8-6-23)17-28-29(40)39(30(41)43-28)12-4-3-11-36-13-15-37(16-14-36)19-31(42,20-38-22-34-21-35-38)26-10-9-25(32)18-27(26)33/h3-10,17-18,21-22,42H,2,11-16,19-20H2,1H3. The summed E-state index contributed by atoms with van der Waals surface area (Å²) >= 11 is 0.955. The van der Waals surface area contributed by atoms with Gasteiger partial charge in [-0.05, 0) is 41.5 Å². The van der Waals surface area contributed by atoms with Gasteiger partial charge in [0.25, 0.3) is 11.1 Å². The molecule has 12 heteroatoms. The molecule has 2 aromatic carbocycles. The van der Waals surface area contributed by atoms with Crippen LogP contribution in [0.4, 0.5) is 13.6 Å². The minimum absolute atomic E-state index is 0.00587. The maximum absolute atomic E-state index is 14.7. The van der Waals surface area contributed by atoms with Gasteiger partial charge in [0, 0.05) is 57.4 Å². The summed E-state index contributed by atoms with van der Waals surface area (Å²) in [6.45, 7) is 5.69. The molecule has 2 aliphatic heterocycles. The maximum atomic E-state index is 14.7. The summed E-state index contributed by atoms with van der Waals surface area (Å²) in [4.78, 5) is 35.1. The summed E-state index contributed by atoms with van der Waals surface area (Å²) in [6, 6.07) is 11.1. The van der Waals surface area contributed by atoms with Crippen LogP contribution in [0.25, 0.3) is 6.08 Å². The Labute approximate surface area is 253 Å². The Kier molecular flexibility index (Phi) is 9.81. The lowest BCUT2D eigenvalue weighted by molar-refractivity contribution is -0.122. The maximum Gasteiger partial charge on any atom is 0.293 e. The Morgan fingerprint density at radius 2 is 1.70 bits per heavy atom. The Hall–Kier alpha value is -3.71. The van der Waals surface area contributed by atoms with Gasteiger partial charge in [-0.15, -0.1) is 0 Å². The molecule has 226 valence electrons. The lowest BCUT2D eigenvalue weighted by Crippen LogP contribution is -2.52. The molecule has 3 heterocycles. The molecule has 1 aromatic heterocycles. The van der Waals surface area contributed by atoms with Crippen molar-refractivity contribution in [3.05, 3.63) is 101 Å². The Morgan fingerprint density at radius 1 is 0.977 bits per heavy atom. The van der Waals surface area contributed by atoms with Crippen LogP contribution < -0.4 is 0 Å². The average Bonchev–Trinajstić information content (AvgIpc) is 3.59. The van der Waals surface area contributed by atoms with E-state index in [0.29, 0.717) is 37.6 Å². The molecule has 5 rings (SSSR count). The van der Waals surface area contributed by atoms with Crippen molar-refractivity contribution >= 4 is 29.0 Å². The molecule has 43 heavy (non-hydrogen) atoms. The van der Waals surface area contributed by atoms with Crippen molar-refractivity contribution in [2.45, 2.75) is 25.5 Å². The summed E-state index contributed by atoms with van der Waals surface area (Å²) in [5.74, 6) is -1.81. The molecule has 0 spiro atoms. The minimum Gasteiger partial charge on any atom is -0.382 e. The van der Waals surface area contributed by atoms with Gasteiger partial charge >= 0.3 is 0 Å². The van der Waals surface area contributed by atoms with Gasteiger partial charge in [0.2, 0.25) is 0 Å². The zero-order valence-electron chi connectivity index (χ0n) is 23.9. The Morgan fingerprint density at radius 3 is 2.37 bits per heavy atom. The van der Waals surface area contributed by atoms with Crippen molar-refractivity contribution in [2.75, 3.05) is 45.8 Å². The van der Waals surface area contributed by atoms with Crippen LogP contribution in [0.1, 0.15) is 23.6 Å². The average molecular weight is 609 g/mol. The molecule has 1 N–H and O–H groups in total. The van der Waals surface area contributed by atoms with Gasteiger partial charge in [0.05, 0.1) is 11.4 Å². The van der Waals surface area contributed by atoms with Crippen LogP contribution in [0.2, 0.25) is 0 Å². The molecule has 0 bridgehead atoms. The van der Waals surface area contributed by atoms with Crippen molar-refractivity contribution in [1.29, 1.82) is 0 Å². The van der Waals surface area contributed by atoms with Crippen molar-refractivity contribution in [3.8, 4) is 0 Å². The third-order valence-corrected chi connectivity index (χ3v) is 8.56. The molecule has 1 unspecified atom stereocenters. The molecule has 0 saturated carbocycles. The number of rotatable bonds is 11. The van der Waals surface area contributed by atoms with Crippen molar-refractivity contribution in [3.63, 3.8) is 0 Å². The molecule has 9 nitrogen and oxygen atoms in total. The summed E-state index contributed by atoms with van der Waals surface area (Å²) in [5, 5.41) is 15.4. The largest absolute Gasteiger partial charge is 0.382 e. The number of aromatic nitrogens is 3. The molecule has 0 aliphatic carbocycles. The number of hydrogen-bond donors (Lipinski definition) is 1. The monoisotopic (exact) mass is 608 g/mol. The van der Waals surface area contributed by atoms with Crippen molar-refractivity contribution < 1.29 is 23.5 Å². The van der Waals surface area contributed by atoms with Crippen molar-refractivity contribution in [2.24, 2.45) is 0 Å². The molecular formula is C31H34F2N6O3S. The molecule has 3 aromatic rings. The smallest absolute Gasteiger partial charge is 0.293 e. The fourth-order valence-electron chi connectivity index (χ4n) is 5.23. The molecule has 2 amide bonds. The SMILES string of the molecule is CCc1ccc(C=C2SC(=O)N(CC=CCN3CCN(CC(O)(Cn4cncn4)c4ccc(F)cc4F)CC3)C2=O)cc1. The van der Waals surface area contributed by atoms with E-state index in [1.807, 2.05) is 41.3 Å². The van der Waals surface area contributed by atoms with Crippen LogP contribution >= 0.6 is 11.8 Å². The van der Waals surface area contributed by atoms with E-state index in [1.165, 1.54) is 33.9 Å². The number of nitrogens with zero attached hydrogens (tertiary/aromatic N) is 6. The van der Waals surface area contributed by atoms with Gasteiger partial charge in [0.15, 0.2) is 0 Å². The number of amides is 2. The number of imide groups is 1. The Balaban J connectivity index is 1.12. The number of carbonyl (C=O) groups excluding carboxylic acids is 2. The summed E-state index contributed by atoms with van der Waals surface area (Å²) in [5.41, 5.74) is 0.456. The van der Waals surface area contributed by atoms with E-state index in [0.717, 1.165) is 35.9 Å².